The van der Waals surface area contributed by atoms with Gasteiger partial charge in [-0.2, -0.15) is 0 Å². The van der Waals surface area contributed by atoms with E-state index in [1.165, 1.54) is 146 Å². The lowest BCUT2D eigenvalue weighted by Gasteiger charge is -2.17. The van der Waals surface area contributed by atoms with E-state index in [0.29, 0.717) is 5.46 Å². The molecule has 0 fully saturated rings. The average Bonchev–Trinajstić information content (AvgIpc) is 0.817. The molecule has 0 spiro atoms. The van der Waals surface area contributed by atoms with E-state index in [0.717, 1.165) is 21.0 Å². The molecule has 18 rings (SSSR count). The van der Waals surface area contributed by atoms with Crippen LogP contribution in [0.25, 0.3) is 163 Å². The van der Waals surface area contributed by atoms with E-state index in [9.17, 15) is 10.0 Å². The molecule has 0 amide bonds. The number of hydrogen-bond acceptors (Lipinski definition) is 2. The molecule has 2 N–H and O–H groups in total. The minimum Gasteiger partial charge on any atom is -0.423 e. The first-order valence-electron chi connectivity index (χ1n) is 30.0. The topological polar surface area (TPSA) is 40.5 Å². The van der Waals surface area contributed by atoms with Gasteiger partial charge >= 0.3 is 7.12 Å². The first kappa shape index (κ1) is 53.0. The molecule has 0 atom stereocenters. The minimum atomic E-state index is -1.46. The van der Waals surface area contributed by atoms with Crippen molar-refractivity contribution >= 4 is 158 Å². The van der Waals surface area contributed by atoms with Crippen LogP contribution in [0, 0.1) is 0 Å². The predicted octanol–water partition coefficient (Wildman–Crippen LogP) is 22.3. The molecule has 0 aliphatic heterocycles. The molecule has 0 aromatic heterocycles. The Morgan fingerprint density at radius 2 is 0.477 bits per heavy atom. The second-order valence-electron chi connectivity index (χ2n) is 22.9. The zero-order valence-electron chi connectivity index (χ0n) is 47.9. The van der Waals surface area contributed by atoms with E-state index in [1.54, 1.807) is 6.07 Å². The second-order valence-corrected chi connectivity index (χ2v) is 23.7. The fraction of sp³-hybridized carbons (Fsp3) is 0. The zero-order valence-corrected chi connectivity index (χ0v) is 49.5. The lowest BCUT2D eigenvalue weighted by atomic mass is 9.78. The predicted molar refractivity (Wildman–Crippen MR) is 383 cm³/mol. The Kier molecular flexibility index (Phi) is 13.3. The van der Waals surface area contributed by atoms with Gasteiger partial charge in [-0.1, -0.05) is 301 Å². The van der Waals surface area contributed by atoms with Crippen molar-refractivity contribution < 1.29 is 10.0 Å². The van der Waals surface area contributed by atoms with Gasteiger partial charge < -0.3 is 10.0 Å². The van der Waals surface area contributed by atoms with E-state index < -0.39 is 7.12 Å². The summed E-state index contributed by atoms with van der Waals surface area (Å²) < 4.78 is 1.15. The number of rotatable bonds is 4. The molecule has 88 heavy (non-hydrogen) atoms. The fourth-order valence-electron chi connectivity index (χ4n) is 14.0. The van der Waals surface area contributed by atoms with Crippen LogP contribution in [0.15, 0.2) is 320 Å². The SMILES string of the molecule is Brc1cc2c3ccccc3c3ccccc3c2c2ccccc12.OB(O)c1cccc(-c2cc3ccccc3c3ccccc23)c1.c1cc(-c2cc3ccccc3c3ccccc23)cc(-c2cc3c4ccccc4c4ccccc4c3c3ccccc23)c1. The van der Waals surface area contributed by atoms with Crippen molar-refractivity contribution in [2.24, 2.45) is 0 Å². The van der Waals surface area contributed by atoms with E-state index >= 15 is 0 Å². The summed E-state index contributed by atoms with van der Waals surface area (Å²) in [5.41, 5.74) is 7.60. The molecule has 0 unspecified atom stereocenters. The monoisotopic (exact) mass is 1180 g/mol. The lowest BCUT2D eigenvalue weighted by molar-refractivity contribution is 0.426. The van der Waals surface area contributed by atoms with Crippen LogP contribution in [0.1, 0.15) is 0 Å². The smallest absolute Gasteiger partial charge is 0.423 e. The molecule has 4 heteroatoms. The summed E-state index contributed by atoms with van der Waals surface area (Å²) in [6.07, 6.45) is 0. The van der Waals surface area contributed by atoms with Crippen molar-refractivity contribution in [1.82, 2.24) is 0 Å². The van der Waals surface area contributed by atoms with Gasteiger partial charge in [0.05, 0.1) is 0 Å². The standard InChI is InChI=1S/C42H26.C22H13Br.C20H15BO2/c1-2-15-30-29(12-1)25-39(34-19-5-3-16-31(30)34)27-13-11-14-28(24-27)40-26-41-35-20-6-4-17-32(35)33-18-7-9-22-37(33)42(41)38-23-10-8-21-36(38)40;23-21-13-20-16-9-2-1-7-14(16)15-8-3-5-11-18(15)22(20)19-12-6-4-10-17(19)21;22-21(23)16-8-5-7-14(12-16)20-13-15-6-1-2-9-17(15)18-10-3-4-11-19(18)20/h1-26H;1-13H;1-13,22-23H. The zero-order chi connectivity index (χ0) is 58.8. The van der Waals surface area contributed by atoms with Crippen LogP contribution in [-0.4, -0.2) is 17.2 Å². The number of benzene rings is 18. The van der Waals surface area contributed by atoms with Crippen LogP contribution in [0.2, 0.25) is 0 Å². The summed E-state index contributed by atoms with van der Waals surface area (Å²) in [5.74, 6) is 0. The molecule has 0 radical (unpaired) electrons. The van der Waals surface area contributed by atoms with Gasteiger partial charge in [0.2, 0.25) is 0 Å². The molecule has 0 aliphatic rings. The molecule has 412 valence electrons. The van der Waals surface area contributed by atoms with E-state index in [2.05, 4.69) is 289 Å². The van der Waals surface area contributed by atoms with Gasteiger partial charge in [-0.15, -0.1) is 0 Å². The quantitative estimate of drug-likeness (QED) is 0.136. The Balaban J connectivity index is 0.000000115. The van der Waals surface area contributed by atoms with Crippen molar-refractivity contribution in [2.45, 2.75) is 0 Å². The van der Waals surface area contributed by atoms with Crippen molar-refractivity contribution in [3.8, 4) is 33.4 Å². The molecule has 18 aromatic rings. The molecule has 0 bridgehead atoms. The third-order valence-electron chi connectivity index (χ3n) is 18.0. The highest BCUT2D eigenvalue weighted by atomic mass is 79.9. The van der Waals surface area contributed by atoms with Gasteiger partial charge in [-0.3, -0.25) is 0 Å². The maximum Gasteiger partial charge on any atom is 0.488 e. The van der Waals surface area contributed by atoms with Crippen molar-refractivity contribution in [3.05, 3.63) is 320 Å². The lowest BCUT2D eigenvalue weighted by Crippen LogP contribution is -2.29. The molecule has 18 aromatic carbocycles. The Morgan fingerprint density at radius 3 is 0.909 bits per heavy atom. The van der Waals surface area contributed by atoms with Gasteiger partial charge in [0.25, 0.3) is 0 Å². The highest BCUT2D eigenvalue weighted by Gasteiger charge is 2.18. The maximum atomic E-state index is 9.44. The Morgan fingerprint density at radius 1 is 0.205 bits per heavy atom. The Bertz CT molecular complexity index is 5830. The highest BCUT2D eigenvalue weighted by Crippen LogP contribution is 2.45. The average molecular weight is 1190 g/mol. The molecule has 0 heterocycles. The summed E-state index contributed by atoms with van der Waals surface area (Å²) in [6.45, 7) is 0. The maximum absolute atomic E-state index is 9.44. The summed E-state index contributed by atoms with van der Waals surface area (Å²) in [5, 5.41) is 49.7. The largest absolute Gasteiger partial charge is 0.488 e. The van der Waals surface area contributed by atoms with Crippen molar-refractivity contribution in [1.29, 1.82) is 0 Å². The third kappa shape index (κ3) is 9.04. The van der Waals surface area contributed by atoms with Gasteiger partial charge in [0.15, 0.2) is 0 Å². The number of halogens is 1. The van der Waals surface area contributed by atoms with E-state index in [-0.39, 0.29) is 0 Å². The molecular weight excluding hydrogens is 1130 g/mol. The Labute approximate surface area is 517 Å². The van der Waals surface area contributed by atoms with E-state index in [4.69, 9.17) is 0 Å². The molecule has 0 aliphatic carbocycles. The van der Waals surface area contributed by atoms with Crippen molar-refractivity contribution in [3.63, 3.8) is 0 Å². The van der Waals surface area contributed by atoms with Crippen LogP contribution in [-0.2, 0) is 0 Å². The first-order chi connectivity index (χ1) is 43.4. The van der Waals surface area contributed by atoms with E-state index in [1.807, 2.05) is 36.4 Å². The minimum absolute atomic E-state index is 0.500. The van der Waals surface area contributed by atoms with Crippen LogP contribution < -0.4 is 5.46 Å². The molecular formula is C84H54BBrO2. The first-order valence-corrected chi connectivity index (χ1v) is 30.8. The van der Waals surface area contributed by atoms with Crippen LogP contribution in [0.3, 0.4) is 0 Å². The molecule has 0 saturated carbocycles. The summed E-state index contributed by atoms with van der Waals surface area (Å²) in [6, 6.07) is 113. The second kappa shape index (κ2) is 22.1. The van der Waals surface area contributed by atoms with Crippen LogP contribution in [0.5, 0.6) is 0 Å². The van der Waals surface area contributed by atoms with Gasteiger partial charge in [0.1, 0.15) is 0 Å². The van der Waals surface area contributed by atoms with Gasteiger partial charge in [-0.25, -0.2) is 0 Å². The fourth-order valence-corrected chi connectivity index (χ4v) is 14.6. The van der Waals surface area contributed by atoms with Gasteiger partial charge in [-0.05, 0) is 198 Å². The number of fused-ring (bicyclic) bond motifs is 22. The summed E-state index contributed by atoms with van der Waals surface area (Å²) in [4.78, 5) is 0. The number of hydrogen-bond donors (Lipinski definition) is 2. The Hall–Kier alpha value is -10.5. The highest BCUT2D eigenvalue weighted by molar-refractivity contribution is 9.10. The van der Waals surface area contributed by atoms with Crippen LogP contribution >= 0.6 is 15.9 Å². The van der Waals surface area contributed by atoms with Crippen LogP contribution in [0.4, 0.5) is 0 Å². The van der Waals surface area contributed by atoms with Crippen molar-refractivity contribution in [2.75, 3.05) is 0 Å². The van der Waals surface area contributed by atoms with Gasteiger partial charge in [0, 0.05) is 4.47 Å². The molecule has 2 nitrogen and oxygen atoms in total. The summed E-state index contributed by atoms with van der Waals surface area (Å²) >= 11 is 3.77. The summed E-state index contributed by atoms with van der Waals surface area (Å²) in [7, 11) is -1.46. The molecule has 0 saturated heterocycles. The normalized spacial score (nSPS) is 11.6. The third-order valence-corrected chi connectivity index (χ3v) is 18.6.